The summed E-state index contributed by atoms with van der Waals surface area (Å²) in [4.78, 5) is 22.4. The first-order valence-electron chi connectivity index (χ1n) is 10.6. The highest BCUT2D eigenvalue weighted by Crippen LogP contribution is 2.25. The Bertz CT molecular complexity index is 1430. The zero-order chi connectivity index (χ0) is 21.9. The molecule has 5 aromatic rings. The summed E-state index contributed by atoms with van der Waals surface area (Å²) in [5.74, 6) is 0.463. The Labute approximate surface area is 186 Å². The van der Waals surface area contributed by atoms with Crippen molar-refractivity contribution in [2.24, 2.45) is 0 Å². The van der Waals surface area contributed by atoms with Crippen LogP contribution in [-0.4, -0.2) is 14.5 Å². The lowest BCUT2D eigenvalue weighted by Gasteiger charge is -2.12. The monoisotopic (exact) mass is 418 g/mol. The first kappa shape index (κ1) is 19.7. The second-order valence-electron chi connectivity index (χ2n) is 7.51. The predicted molar refractivity (Wildman–Crippen MR) is 130 cm³/mol. The van der Waals surface area contributed by atoms with Crippen LogP contribution in [0.15, 0.2) is 102 Å². The van der Waals surface area contributed by atoms with Gasteiger partial charge in [0.05, 0.1) is 0 Å². The quantitative estimate of drug-likeness (QED) is 0.387. The zero-order valence-corrected chi connectivity index (χ0v) is 17.7. The molecule has 3 aromatic carbocycles. The number of pyridine rings is 1. The number of aromatic nitrogens is 3. The van der Waals surface area contributed by atoms with E-state index in [1.54, 1.807) is 10.8 Å². The van der Waals surface area contributed by atoms with Gasteiger partial charge in [-0.1, -0.05) is 72.8 Å². The summed E-state index contributed by atoms with van der Waals surface area (Å²) >= 11 is 0. The summed E-state index contributed by atoms with van der Waals surface area (Å²) in [7, 11) is 0. The van der Waals surface area contributed by atoms with E-state index in [1.165, 1.54) is 0 Å². The molecule has 5 nitrogen and oxygen atoms in total. The second kappa shape index (κ2) is 8.47. The van der Waals surface area contributed by atoms with E-state index in [-0.39, 0.29) is 5.56 Å². The van der Waals surface area contributed by atoms with Crippen LogP contribution in [0.4, 0.5) is 11.6 Å². The maximum Gasteiger partial charge on any atom is 0.260 e. The fraction of sp³-hybridized carbons (Fsp3) is 0.0741. The second-order valence-corrected chi connectivity index (χ2v) is 7.51. The van der Waals surface area contributed by atoms with E-state index in [1.807, 2.05) is 85.8 Å². The topological polar surface area (TPSA) is 59.8 Å². The van der Waals surface area contributed by atoms with Gasteiger partial charge in [0.2, 0.25) is 5.95 Å². The first-order chi connectivity index (χ1) is 15.7. The average Bonchev–Trinajstić information content (AvgIpc) is 2.85. The highest BCUT2D eigenvalue weighted by atomic mass is 16.1. The minimum absolute atomic E-state index is 0.0585. The normalized spacial score (nSPS) is 10.9. The van der Waals surface area contributed by atoms with E-state index in [2.05, 4.69) is 27.4 Å². The third-order valence-electron chi connectivity index (χ3n) is 5.48. The van der Waals surface area contributed by atoms with Gasteiger partial charge in [-0.3, -0.25) is 9.36 Å². The number of para-hydroxylation sites is 1. The maximum absolute atomic E-state index is 13.3. The van der Waals surface area contributed by atoms with Crippen LogP contribution in [0.5, 0.6) is 0 Å². The van der Waals surface area contributed by atoms with Gasteiger partial charge in [-0.2, -0.15) is 4.98 Å². The number of nitrogens with zero attached hydrogens (tertiary/aromatic N) is 3. The number of anilines is 2. The molecule has 0 aliphatic carbocycles. The van der Waals surface area contributed by atoms with Gasteiger partial charge in [0.25, 0.3) is 5.56 Å². The molecule has 2 aromatic heterocycles. The Kier molecular flexibility index (Phi) is 5.22. The molecule has 156 valence electrons. The van der Waals surface area contributed by atoms with Crippen molar-refractivity contribution in [3.63, 3.8) is 0 Å². The molecule has 0 bridgehead atoms. The Morgan fingerprint density at radius 1 is 0.812 bits per heavy atom. The number of aryl methyl sites for hydroxylation is 1. The molecule has 32 heavy (non-hydrogen) atoms. The van der Waals surface area contributed by atoms with Crippen molar-refractivity contribution in [3.05, 3.63) is 108 Å². The van der Waals surface area contributed by atoms with Crippen LogP contribution in [0.25, 0.3) is 33.3 Å². The summed E-state index contributed by atoms with van der Waals surface area (Å²) in [5.41, 5.74) is 5.25. The van der Waals surface area contributed by atoms with E-state index in [0.717, 1.165) is 27.8 Å². The Morgan fingerprint density at radius 3 is 2.12 bits per heavy atom. The number of rotatable bonds is 5. The van der Waals surface area contributed by atoms with Crippen molar-refractivity contribution in [2.75, 3.05) is 5.32 Å². The summed E-state index contributed by atoms with van der Waals surface area (Å²) in [6, 6.07) is 29.9. The van der Waals surface area contributed by atoms with Crippen LogP contribution in [0.2, 0.25) is 0 Å². The van der Waals surface area contributed by atoms with Gasteiger partial charge >= 0.3 is 0 Å². The van der Waals surface area contributed by atoms with Crippen molar-refractivity contribution in [1.29, 1.82) is 0 Å². The number of fused-ring (bicyclic) bond motifs is 1. The standard InChI is InChI=1S/C27H22N4O/c1-2-31-25-22(18-28-27(30-25)29-23-11-7-4-8-12-23)17-24(26(31)32)21-15-13-20(14-16-21)19-9-5-3-6-10-19/h3-18H,2H2,1H3,(H,28,29,30). The lowest BCUT2D eigenvalue weighted by molar-refractivity contribution is 0.751. The van der Waals surface area contributed by atoms with Crippen molar-refractivity contribution in [2.45, 2.75) is 13.5 Å². The van der Waals surface area contributed by atoms with Gasteiger partial charge in [-0.05, 0) is 41.8 Å². The molecule has 0 saturated carbocycles. The highest BCUT2D eigenvalue weighted by molar-refractivity contribution is 5.82. The van der Waals surface area contributed by atoms with E-state index < -0.39 is 0 Å². The van der Waals surface area contributed by atoms with E-state index in [0.29, 0.717) is 23.7 Å². The Balaban J connectivity index is 1.55. The van der Waals surface area contributed by atoms with Crippen LogP contribution in [0.1, 0.15) is 6.92 Å². The molecule has 0 spiro atoms. The minimum Gasteiger partial charge on any atom is -0.324 e. The number of hydrogen-bond acceptors (Lipinski definition) is 4. The summed E-state index contributed by atoms with van der Waals surface area (Å²) in [6.07, 6.45) is 1.76. The fourth-order valence-corrected chi connectivity index (χ4v) is 3.84. The van der Waals surface area contributed by atoms with E-state index >= 15 is 0 Å². The molecule has 0 unspecified atom stereocenters. The molecule has 0 atom stereocenters. The fourth-order valence-electron chi connectivity index (χ4n) is 3.84. The highest BCUT2D eigenvalue weighted by Gasteiger charge is 2.13. The third-order valence-corrected chi connectivity index (χ3v) is 5.48. The molecule has 0 saturated heterocycles. The van der Waals surface area contributed by atoms with Gasteiger partial charge in [-0.25, -0.2) is 4.98 Å². The zero-order valence-electron chi connectivity index (χ0n) is 17.7. The Morgan fingerprint density at radius 2 is 1.44 bits per heavy atom. The largest absolute Gasteiger partial charge is 0.324 e. The van der Waals surface area contributed by atoms with Crippen LogP contribution < -0.4 is 10.9 Å². The van der Waals surface area contributed by atoms with Gasteiger partial charge in [0.15, 0.2) is 0 Å². The number of hydrogen-bond donors (Lipinski definition) is 1. The Hall–Kier alpha value is -4.25. The molecule has 2 heterocycles. The molecule has 1 N–H and O–H groups in total. The number of benzene rings is 3. The molecular formula is C27H22N4O. The lowest BCUT2D eigenvalue weighted by atomic mass is 10.0. The third kappa shape index (κ3) is 3.76. The molecular weight excluding hydrogens is 396 g/mol. The lowest BCUT2D eigenvalue weighted by Crippen LogP contribution is -2.22. The minimum atomic E-state index is -0.0585. The predicted octanol–water partition coefficient (Wildman–Crippen LogP) is 5.89. The van der Waals surface area contributed by atoms with Crippen molar-refractivity contribution < 1.29 is 0 Å². The summed E-state index contributed by atoms with van der Waals surface area (Å²) in [5, 5.41) is 4.02. The summed E-state index contributed by atoms with van der Waals surface area (Å²) in [6.45, 7) is 2.47. The van der Waals surface area contributed by atoms with Crippen LogP contribution in [0, 0.1) is 0 Å². The van der Waals surface area contributed by atoms with Crippen LogP contribution in [0.3, 0.4) is 0 Å². The maximum atomic E-state index is 13.3. The van der Waals surface area contributed by atoms with Crippen LogP contribution in [-0.2, 0) is 6.54 Å². The van der Waals surface area contributed by atoms with Crippen molar-refractivity contribution >= 4 is 22.7 Å². The smallest absolute Gasteiger partial charge is 0.260 e. The van der Waals surface area contributed by atoms with E-state index in [9.17, 15) is 4.79 Å². The average molecular weight is 419 g/mol. The summed E-state index contributed by atoms with van der Waals surface area (Å²) < 4.78 is 1.70. The van der Waals surface area contributed by atoms with Crippen LogP contribution >= 0.6 is 0 Å². The molecule has 0 amide bonds. The van der Waals surface area contributed by atoms with Gasteiger partial charge in [0, 0.05) is 29.4 Å². The molecule has 5 heteroatoms. The first-order valence-corrected chi connectivity index (χ1v) is 10.6. The molecule has 0 aliphatic heterocycles. The van der Waals surface area contributed by atoms with Crippen molar-refractivity contribution in [3.8, 4) is 22.3 Å². The van der Waals surface area contributed by atoms with Gasteiger partial charge in [0.1, 0.15) is 5.65 Å². The number of nitrogens with one attached hydrogen (secondary N) is 1. The molecule has 0 radical (unpaired) electrons. The molecule has 5 rings (SSSR count). The molecule has 0 aliphatic rings. The van der Waals surface area contributed by atoms with Gasteiger partial charge < -0.3 is 5.32 Å². The molecule has 0 fully saturated rings. The SMILES string of the molecule is CCn1c(=O)c(-c2ccc(-c3ccccc3)cc2)cc2cnc(Nc3ccccc3)nc21. The van der Waals surface area contributed by atoms with Gasteiger partial charge in [-0.15, -0.1) is 0 Å². The van der Waals surface area contributed by atoms with E-state index in [4.69, 9.17) is 0 Å². The van der Waals surface area contributed by atoms with Crippen molar-refractivity contribution in [1.82, 2.24) is 14.5 Å².